The zero-order valence-corrected chi connectivity index (χ0v) is 9.04. The van der Waals surface area contributed by atoms with Crippen LogP contribution < -0.4 is 10.6 Å². The molecule has 0 bridgehead atoms. The first kappa shape index (κ1) is 10.6. The lowest BCUT2D eigenvalue weighted by molar-refractivity contribution is 0.0526. The third-order valence-corrected chi connectivity index (χ3v) is 2.37. The van der Waals surface area contributed by atoms with Gasteiger partial charge < -0.3 is 20.5 Å². The number of esters is 1. The molecule has 1 heterocycles. The fraction of sp³-hybridized carbons (Fsp3) is 0.364. The second-order valence-corrected chi connectivity index (χ2v) is 3.49. The topological polar surface area (TPSA) is 70.6 Å². The zero-order chi connectivity index (χ0) is 11.5. The van der Waals surface area contributed by atoms with Gasteiger partial charge in [-0.25, -0.2) is 4.79 Å². The van der Waals surface area contributed by atoms with Gasteiger partial charge in [-0.15, -0.1) is 0 Å². The van der Waals surface area contributed by atoms with E-state index in [1.54, 1.807) is 13.0 Å². The van der Waals surface area contributed by atoms with Gasteiger partial charge in [0, 0.05) is 13.1 Å². The first-order valence-corrected chi connectivity index (χ1v) is 5.24. The Kier molecular flexibility index (Phi) is 2.85. The lowest BCUT2D eigenvalue weighted by Crippen LogP contribution is -2.21. The van der Waals surface area contributed by atoms with E-state index in [0.29, 0.717) is 17.9 Å². The van der Waals surface area contributed by atoms with Gasteiger partial charge in [-0.1, -0.05) is 0 Å². The van der Waals surface area contributed by atoms with Crippen LogP contribution in [-0.2, 0) is 4.74 Å². The van der Waals surface area contributed by atoms with Crippen LogP contribution in [0.2, 0.25) is 0 Å². The number of phenols is 1. The number of carbonyl (C=O) groups excluding carboxylic acids is 1. The molecule has 5 nitrogen and oxygen atoms in total. The second-order valence-electron chi connectivity index (χ2n) is 3.49. The summed E-state index contributed by atoms with van der Waals surface area (Å²) in [7, 11) is 0. The number of fused-ring (bicyclic) bond motifs is 1. The van der Waals surface area contributed by atoms with Gasteiger partial charge in [-0.05, 0) is 19.1 Å². The Balaban J connectivity index is 2.35. The molecule has 0 atom stereocenters. The minimum atomic E-state index is -0.423. The Morgan fingerprint density at radius 2 is 2.19 bits per heavy atom. The van der Waals surface area contributed by atoms with Crippen LogP contribution in [0.3, 0.4) is 0 Å². The van der Waals surface area contributed by atoms with E-state index < -0.39 is 5.97 Å². The number of phenolic OH excluding ortho intramolecular Hbond substituents is 1. The number of aromatic hydroxyl groups is 1. The third kappa shape index (κ3) is 1.88. The van der Waals surface area contributed by atoms with Gasteiger partial charge >= 0.3 is 5.97 Å². The van der Waals surface area contributed by atoms with E-state index in [9.17, 15) is 9.90 Å². The van der Waals surface area contributed by atoms with Crippen LogP contribution in [-0.4, -0.2) is 30.8 Å². The van der Waals surface area contributed by atoms with Crippen LogP contribution in [0.1, 0.15) is 17.3 Å². The van der Waals surface area contributed by atoms with Crippen molar-refractivity contribution in [2.75, 3.05) is 30.3 Å². The molecule has 86 valence electrons. The van der Waals surface area contributed by atoms with Gasteiger partial charge in [0.15, 0.2) is 0 Å². The monoisotopic (exact) mass is 222 g/mol. The highest BCUT2D eigenvalue weighted by molar-refractivity contribution is 5.94. The molecule has 0 aliphatic carbocycles. The van der Waals surface area contributed by atoms with Gasteiger partial charge in [0.1, 0.15) is 11.4 Å². The van der Waals surface area contributed by atoms with E-state index in [2.05, 4.69) is 10.6 Å². The normalized spacial score (nSPS) is 13.3. The minimum absolute atomic E-state index is 0.0627. The van der Waals surface area contributed by atoms with E-state index in [-0.39, 0.29) is 5.75 Å². The summed E-state index contributed by atoms with van der Waals surface area (Å²) in [6.45, 7) is 3.58. The summed E-state index contributed by atoms with van der Waals surface area (Å²) in [5.74, 6) is -0.360. The molecule has 0 radical (unpaired) electrons. The molecule has 0 spiro atoms. The molecule has 0 amide bonds. The highest BCUT2D eigenvalue weighted by Gasteiger charge is 2.17. The maximum atomic E-state index is 11.5. The molecule has 0 fully saturated rings. The number of carbonyl (C=O) groups is 1. The van der Waals surface area contributed by atoms with Crippen LogP contribution in [0.25, 0.3) is 0 Å². The summed E-state index contributed by atoms with van der Waals surface area (Å²) in [6, 6.07) is 3.09. The first-order chi connectivity index (χ1) is 7.72. The van der Waals surface area contributed by atoms with Gasteiger partial charge in [-0.2, -0.15) is 0 Å². The Morgan fingerprint density at radius 1 is 1.44 bits per heavy atom. The Bertz CT molecular complexity index is 418. The van der Waals surface area contributed by atoms with E-state index in [4.69, 9.17) is 4.74 Å². The van der Waals surface area contributed by atoms with Crippen molar-refractivity contribution in [3.05, 3.63) is 17.7 Å². The van der Waals surface area contributed by atoms with Gasteiger partial charge in [0.25, 0.3) is 0 Å². The molecule has 2 rings (SSSR count). The predicted molar refractivity (Wildman–Crippen MR) is 61.0 cm³/mol. The summed E-state index contributed by atoms with van der Waals surface area (Å²) >= 11 is 0. The SMILES string of the molecule is CCOC(=O)c1cc(O)c2c(c1)NCCN2. The summed E-state index contributed by atoms with van der Waals surface area (Å²) in [5.41, 5.74) is 1.72. The molecular weight excluding hydrogens is 208 g/mol. The highest BCUT2D eigenvalue weighted by atomic mass is 16.5. The summed E-state index contributed by atoms with van der Waals surface area (Å²) in [6.07, 6.45) is 0. The van der Waals surface area contributed by atoms with Crippen molar-refractivity contribution in [1.82, 2.24) is 0 Å². The number of nitrogens with one attached hydrogen (secondary N) is 2. The van der Waals surface area contributed by atoms with Crippen LogP contribution in [0.5, 0.6) is 5.75 Å². The van der Waals surface area contributed by atoms with Gasteiger partial charge in [0.05, 0.1) is 17.9 Å². The van der Waals surface area contributed by atoms with E-state index in [1.165, 1.54) is 6.07 Å². The molecule has 1 aromatic carbocycles. The average molecular weight is 222 g/mol. The smallest absolute Gasteiger partial charge is 0.338 e. The van der Waals surface area contributed by atoms with Crippen molar-refractivity contribution in [1.29, 1.82) is 0 Å². The molecule has 1 aromatic rings. The van der Waals surface area contributed by atoms with E-state index >= 15 is 0 Å². The number of hydrogen-bond acceptors (Lipinski definition) is 5. The standard InChI is InChI=1S/C11H14N2O3/c1-2-16-11(15)7-5-8-10(9(14)6-7)13-4-3-12-8/h5-6,12-14H,2-4H2,1H3. The number of ether oxygens (including phenoxy) is 1. The molecule has 0 saturated carbocycles. The fourth-order valence-electron chi connectivity index (χ4n) is 1.67. The third-order valence-electron chi connectivity index (χ3n) is 2.37. The van der Waals surface area contributed by atoms with Crippen molar-refractivity contribution in [3.63, 3.8) is 0 Å². The molecular formula is C11H14N2O3. The Hall–Kier alpha value is -1.91. The van der Waals surface area contributed by atoms with Crippen molar-refractivity contribution < 1.29 is 14.6 Å². The molecule has 1 aliphatic heterocycles. The molecule has 16 heavy (non-hydrogen) atoms. The lowest BCUT2D eigenvalue weighted by atomic mass is 10.1. The zero-order valence-electron chi connectivity index (χ0n) is 9.04. The van der Waals surface area contributed by atoms with Crippen molar-refractivity contribution in [2.45, 2.75) is 6.92 Å². The molecule has 5 heteroatoms. The first-order valence-electron chi connectivity index (χ1n) is 5.24. The number of hydrogen-bond donors (Lipinski definition) is 3. The highest BCUT2D eigenvalue weighted by Crippen LogP contribution is 2.35. The van der Waals surface area contributed by atoms with Gasteiger partial charge in [-0.3, -0.25) is 0 Å². The second kappa shape index (κ2) is 4.30. The maximum absolute atomic E-state index is 11.5. The van der Waals surface area contributed by atoms with Gasteiger partial charge in [0.2, 0.25) is 0 Å². The van der Waals surface area contributed by atoms with Crippen LogP contribution in [0, 0.1) is 0 Å². The molecule has 0 saturated heterocycles. The lowest BCUT2D eigenvalue weighted by Gasteiger charge is -2.21. The average Bonchev–Trinajstić information content (AvgIpc) is 2.29. The molecule has 3 N–H and O–H groups in total. The largest absolute Gasteiger partial charge is 0.506 e. The van der Waals surface area contributed by atoms with E-state index in [1.807, 2.05) is 0 Å². The Labute approximate surface area is 93.4 Å². The molecule has 0 unspecified atom stereocenters. The molecule has 0 aromatic heterocycles. The maximum Gasteiger partial charge on any atom is 0.338 e. The van der Waals surface area contributed by atoms with Crippen LogP contribution >= 0.6 is 0 Å². The number of rotatable bonds is 2. The van der Waals surface area contributed by atoms with Crippen molar-refractivity contribution >= 4 is 17.3 Å². The number of anilines is 2. The predicted octanol–water partition coefficient (Wildman–Crippen LogP) is 1.41. The summed E-state index contributed by atoms with van der Waals surface area (Å²) < 4.78 is 4.88. The fourth-order valence-corrected chi connectivity index (χ4v) is 1.67. The van der Waals surface area contributed by atoms with E-state index in [0.717, 1.165) is 18.8 Å². The summed E-state index contributed by atoms with van der Waals surface area (Å²) in [5, 5.41) is 15.9. The van der Waals surface area contributed by atoms with Crippen molar-refractivity contribution in [3.8, 4) is 5.75 Å². The van der Waals surface area contributed by atoms with Crippen LogP contribution in [0.15, 0.2) is 12.1 Å². The summed E-state index contributed by atoms with van der Waals surface area (Å²) in [4.78, 5) is 11.5. The Morgan fingerprint density at radius 3 is 2.94 bits per heavy atom. The quantitative estimate of drug-likeness (QED) is 0.521. The molecule has 1 aliphatic rings. The van der Waals surface area contributed by atoms with Crippen LogP contribution in [0.4, 0.5) is 11.4 Å². The van der Waals surface area contributed by atoms with Crippen molar-refractivity contribution in [2.24, 2.45) is 0 Å². The number of benzene rings is 1. The minimum Gasteiger partial charge on any atom is -0.506 e.